The molecule has 0 bridgehead atoms. The van der Waals surface area contributed by atoms with Crippen LogP contribution in [0.3, 0.4) is 0 Å². The minimum absolute atomic E-state index is 0.221. The van der Waals surface area contributed by atoms with Crippen LogP contribution in [-0.2, 0) is 0 Å². The molecular weight excluding hydrogens is 200 g/mol. The molecule has 0 amide bonds. The molecular formula is C13H14N2O. The Morgan fingerprint density at radius 1 is 1.12 bits per heavy atom. The Labute approximate surface area is 94.4 Å². The lowest BCUT2D eigenvalue weighted by Gasteiger charge is -2.09. The number of aryl methyl sites for hydroxylation is 2. The van der Waals surface area contributed by atoms with Crippen molar-refractivity contribution in [3.8, 4) is 5.75 Å². The third-order valence-corrected chi connectivity index (χ3v) is 2.71. The van der Waals surface area contributed by atoms with Gasteiger partial charge in [-0.2, -0.15) is 10.2 Å². The zero-order valence-corrected chi connectivity index (χ0v) is 9.65. The molecule has 0 aliphatic rings. The summed E-state index contributed by atoms with van der Waals surface area (Å²) in [5, 5.41) is 19.8. The van der Waals surface area contributed by atoms with E-state index in [0.717, 1.165) is 21.9 Å². The van der Waals surface area contributed by atoms with E-state index in [2.05, 4.69) is 10.2 Å². The molecule has 0 saturated carbocycles. The minimum atomic E-state index is 0.221. The standard InChI is InChI=1S/C13H14N2O/c1-8-5-4-6-10-7-9(2)12(15-14-3)13(16)11(8)10/h4-7,16H,1-3H3. The van der Waals surface area contributed by atoms with Crippen LogP contribution in [0.4, 0.5) is 5.69 Å². The fraction of sp³-hybridized carbons (Fsp3) is 0.231. The van der Waals surface area contributed by atoms with E-state index in [1.807, 2.05) is 38.1 Å². The Morgan fingerprint density at radius 2 is 1.88 bits per heavy atom. The maximum atomic E-state index is 10.2. The van der Waals surface area contributed by atoms with E-state index in [4.69, 9.17) is 0 Å². The van der Waals surface area contributed by atoms with Crippen LogP contribution >= 0.6 is 0 Å². The predicted molar refractivity (Wildman–Crippen MR) is 65.5 cm³/mol. The number of hydrogen-bond donors (Lipinski definition) is 1. The van der Waals surface area contributed by atoms with E-state index >= 15 is 0 Å². The van der Waals surface area contributed by atoms with Gasteiger partial charge in [0, 0.05) is 12.4 Å². The summed E-state index contributed by atoms with van der Waals surface area (Å²) in [6.07, 6.45) is 0. The maximum absolute atomic E-state index is 10.2. The molecule has 0 aliphatic carbocycles. The van der Waals surface area contributed by atoms with Gasteiger partial charge in [0.15, 0.2) is 5.75 Å². The van der Waals surface area contributed by atoms with Crippen LogP contribution in [0.5, 0.6) is 5.75 Å². The molecule has 82 valence electrons. The summed E-state index contributed by atoms with van der Waals surface area (Å²) in [5.41, 5.74) is 2.54. The van der Waals surface area contributed by atoms with Crippen molar-refractivity contribution in [2.75, 3.05) is 7.05 Å². The number of benzene rings is 2. The van der Waals surface area contributed by atoms with E-state index in [-0.39, 0.29) is 5.75 Å². The Bertz CT molecular complexity index is 574. The summed E-state index contributed by atoms with van der Waals surface area (Å²) in [7, 11) is 1.60. The lowest BCUT2D eigenvalue weighted by molar-refractivity contribution is 0.482. The summed E-state index contributed by atoms with van der Waals surface area (Å²) in [5.74, 6) is 0.221. The highest BCUT2D eigenvalue weighted by Gasteiger charge is 2.11. The van der Waals surface area contributed by atoms with Gasteiger partial charge in [0.2, 0.25) is 0 Å². The van der Waals surface area contributed by atoms with Crippen LogP contribution in [0.15, 0.2) is 34.5 Å². The Morgan fingerprint density at radius 3 is 2.56 bits per heavy atom. The van der Waals surface area contributed by atoms with Crippen LogP contribution < -0.4 is 0 Å². The number of hydrogen-bond acceptors (Lipinski definition) is 3. The Balaban J connectivity index is 2.91. The molecule has 0 radical (unpaired) electrons. The third kappa shape index (κ3) is 1.54. The Hall–Kier alpha value is -1.90. The molecule has 2 rings (SSSR count). The van der Waals surface area contributed by atoms with E-state index < -0.39 is 0 Å². The van der Waals surface area contributed by atoms with Gasteiger partial charge >= 0.3 is 0 Å². The van der Waals surface area contributed by atoms with Gasteiger partial charge in [0.25, 0.3) is 0 Å². The predicted octanol–water partition coefficient (Wildman–Crippen LogP) is 3.88. The molecule has 16 heavy (non-hydrogen) atoms. The van der Waals surface area contributed by atoms with Gasteiger partial charge in [0.05, 0.1) is 0 Å². The fourth-order valence-corrected chi connectivity index (χ4v) is 1.97. The van der Waals surface area contributed by atoms with Crippen molar-refractivity contribution in [2.45, 2.75) is 13.8 Å². The van der Waals surface area contributed by atoms with Crippen molar-refractivity contribution in [2.24, 2.45) is 10.2 Å². The number of rotatable bonds is 1. The molecule has 0 aliphatic heterocycles. The van der Waals surface area contributed by atoms with Gasteiger partial charge < -0.3 is 5.11 Å². The summed E-state index contributed by atoms with van der Waals surface area (Å²) < 4.78 is 0. The van der Waals surface area contributed by atoms with Crippen LogP contribution in [0.25, 0.3) is 10.8 Å². The van der Waals surface area contributed by atoms with Crippen molar-refractivity contribution >= 4 is 16.5 Å². The molecule has 0 saturated heterocycles. The molecule has 0 aromatic heterocycles. The first-order valence-corrected chi connectivity index (χ1v) is 5.17. The molecule has 3 nitrogen and oxygen atoms in total. The van der Waals surface area contributed by atoms with E-state index in [9.17, 15) is 5.11 Å². The highest BCUT2D eigenvalue weighted by molar-refractivity contribution is 5.96. The molecule has 2 aromatic carbocycles. The molecule has 2 aromatic rings. The normalized spacial score (nSPS) is 11.4. The van der Waals surface area contributed by atoms with Gasteiger partial charge in [-0.25, -0.2) is 0 Å². The topological polar surface area (TPSA) is 45.0 Å². The zero-order chi connectivity index (χ0) is 11.7. The summed E-state index contributed by atoms with van der Waals surface area (Å²) in [6, 6.07) is 7.97. The van der Waals surface area contributed by atoms with Gasteiger partial charge in [0.1, 0.15) is 5.69 Å². The molecule has 1 N–H and O–H groups in total. The van der Waals surface area contributed by atoms with Gasteiger partial charge in [-0.05, 0) is 36.4 Å². The summed E-state index contributed by atoms with van der Waals surface area (Å²) in [4.78, 5) is 0. The van der Waals surface area contributed by atoms with E-state index in [1.54, 1.807) is 7.05 Å². The first kappa shape index (κ1) is 10.6. The quantitative estimate of drug-likeness (QED) is 0.719. The first-order valence-electron chi connectivity index (χ1n) is 5.17. The van der Waals surface area contributed by atoms with Crippen LogP contribution in [0, 0.1) is 13.8 Å². The summed E-state index contributed by atoms with van der Waals surface area (Å²) >= 11 is 0. The molecule has 0 spiro atoms. The smallest absolute Gasteiger partial charge is 0.151 e. The first-order chi connectivity index (χ1) is 7.65. The molecule has 0 fully saturated rings. The molecule has 0 heterocycles. The second-order valence-corrected chi connectivity index (χ2v) is 3.86. The monoisotopic (exact) mass is 214 g/mol. The average molecular weight is 214 g/mol. The number of aromatic hydroxyl groups is 1. The van der Waals surface area contributed by atoms with E-state index in [1.165, 1.54) is 0 Å². The van der Waals surface area contributed by atoms with Crippen LogP contribution in [0.1, 0.15) is 11.1 Å². The second-order valence-electron chi connectivity index (χ2n) is 3.86. The van der Waals surface area contributed by atoms with E-state index in [0.29, 0.717) is 5.69 Å². The second kappa shape index (κ2) is 3.93. The minimum Gasteiger partial charge on any atom is -0.505 e. The summed E-state index contributed by atoms with van der Waals surface area (Å²) in [6.45, 7) is 3.90. The number of azo groups is 1. The average Bonchev–Trinajstić information content (AvgIpc) is 2.24. The van der Waals surface area contributed by atoms with Crippen molar-refractivity contribution in [1.29, 1.82) is 0 Å². The number of phenols is 1. The van der Waals surface area contributed by atoms with Gasteiger partial charge in [-0.3, -0.25) is 0 Å². The highest BCUT2D eigenvalue weighted by atomic mass is 16.3. The van der Waals surface area contributed by atoms with Crippen molar-refractivity contribution in [3.05, 3.63) is 35.4 Å². The molecule has 0 atom stereocenters. The number of nitrogens with zero attached hydrogens (tertiary/aromatic N) is 2. The van der Waals surface area contributed by atoms with Crippen molar-refractivity contribution < 1.29 is 5.11 Å². The van der Waals surface area contributed by atoms with Crippen LogP contribution in [-0.4, -0.2) is 12.2 Å². The SMILES string of the molecule is CN=Nc1c(C)cc2cccc(C)c2c1O. The van der Waals surface area contributed by atoms with Crippen molar-refractivity contribution in [1.82, 2.24) is 0 Å². The largest absolute Gasteiger partial charge is 0.505 e. The van der Waals surface area contributed by atoms with Crippen molar-refractivity contribution in [3.63, 3.8) is 0 Å². The van der Waals surface area contributed by atoms with Gasteiger partial charge in [-0.1, -0.05) is 18.2 Å². The molecule has 3 heteroatoms. The lowest BCUT2D eigenvalue weighted by Crippen LogP contribution is -1.83. The third-order valence-electron chi connectivity index (χ3n) is 2.71. The molecule has 0 unspecified atom stereocenters. The Kier molecular flexibility index (Phi) is 2.60. The zero-order valence-electron chi connectivity index (χ0n) is 9.65. The lowest BCUT2D eigenvalue weighted by atomic mass is 10.0. The maximum Gasteiger partial charge on any atom is 0.151 e. The number of phenolic OH excluding ortho intramolecular Hbond substituents is 1. The van der Waals surface area contributed by atoms with Crippen LogP contribution in [0.2, 0.25) is 0 Å². The van der Waals surface area contributed by atoms with Gasteiger partial charge in [-0.15, -0.1) is 0 Å². The number of fused-ring (bicyclic) bond motifs is 1. The highest BCUT2D eigenvalue weighted by Crippen LogP contribution is 2.39. The fourth-order valence-electron chi connectivity index (χ4n) is 1.97.